The number of hydrogen-bond acceptors (Lipinski definition) is 4. The lowest BCUT2D eigenvalue weighted by atomic mass is 10.1. The number of thioether (sulfide) groups is 1. The molecule has 1 aliphatic heterocycles. The number of amides is 1. The van der Waals surface area contributed by atoms with Crippen LogP contribution in [0.15, 0.2) is 53.7 Å². The van der Waals surface area contributed by atoms with Crippen LogP contribution < -0.4 is 4.90 Å². The van der Waals surface area contributed by atoms with E-state index in [2.05, 4.69) is 23.2 Å². The van der Waals surface area contributed by atoms with Crippen LogP contribution in [0, 0.1) is 0 Å². The number of benzene rings is 2. The van der Waals surface area contributed by atoms with E-state index in [1.165, 1.54) is 17.3 Å². The minimum Gasteiger partial charge on any atom is -0.308 e. The van der Waals surface area contributed by atoms with Crippen molar-refractivity contribution >= 4 is 35.0 Å². The Labute approximate surface area is 173 Å². The Hall–Kier alpha value is -2.31. The van der Waals surface area contributed by atoms with E-state index in [0.717, 1.165) is 35.2 Å². The van der Waals surface area contributed by atoms with E-state index in [1.54, 1.807) is 0 Å². The van der Waals surface area contributed by atoms with Gasteiger partial charge in [0.25, 0.3) is 0 Å². The molecule has 144 valence electrons. The van der Waals surface area contributed by atoms with Crippen LogP contribution in [-0.4, -0.2) is 32.5 Å². The molecule has 0 fully saturated rings. The molecular weight excluding hydrogens is 392 g/mol. The fourth-order valence-electron chi connectivity index (χ4n) is 3.63. The first-order chi connectivity index (χ1) is 13.6. The van der Waals surface area contributed by atoms with Crippen molar-refractivity contribution in [3.8, 4) is 11.4 Å². The topological polar surface area (TPSA) is 51.0 Å². The number of halogens is 1. The summed E-state index contributed by atoms with van der Waals surface area (Å²) in [6.45, 7) is 4.87. The third-order valence-corrected chi connectivity index (χ3v) is 6.14. The van der Waals surface area contributed by atoms with E-state index in [9.17, 15) is 4.79 Å². The summed E-state index contributed by atoms with van der Waals surface area (Å²) >= 11 is 7.42. The molecule has 1 aromatic heterocycles. The Morgan fingerprint density at radius 2 is 1.93 bits per heavy atom. The molecule has 2 aromatic carbocycles. The summed E-state index contributed by atoms with van der Waals surface area (Å²) in [5, 5.41) is 10.1. The smallest absolute Gasteiger partial charge is 0.237 e. The molecule has 28 heavy (non-hydrogen) atoms. The first kappa shape index (κ1) is 19.0. The van der Waals surface area contributed by atoms with Gasteiger partial charge in [0.15, 0.2) is 11.0 Å². The average molecular weight is 413 g/mol. The summed E-state index contributed by atoms with van der Waals surface area (Å²) in [6.07, 6.45) is 0.901. The molecule has 7 heteroatoms. The molecule has 2 heterocycles. The van der Waals surface area contributed by atoms with Crippen LogP contribution in [-0.2, 0) is 17.8 Å². The van der Waals surface area contributed by atoms with Crippen molar-refractivity contribution in [3.05, 3.63) is 59.1 Å². The van der Waals surface area contributed by atoms with Gasteiger partial charge in [-0.1, -0.05) is 41.6 Å². The van der Waals surface area contributed by atoms with Gasteiger partial charge in [-0.25, -0.2) is 0 Å². The lowest BCUT2D eigenvalue weighted by molar-refractivity contribution is -0.116. The predicted molar refractivity (Wildman–Crippen MR) is 114 cm³/mol. The molecule has 1 atom stereocenters. The lowest BCUT2D eigenvalue weighted by Crippen LogP contribution is -2.37. The molecule has 0 saturated carbocycles. The maximum atomic E-state index is 12.9. The number of para-hydroxylation sites is 1. The van der Waals surface area contributed by atoms with Crippen molar-refractivity contribution in [2.45, 2.75) is 38.0 Å². The highest BCUT2D eigenvalue weighted by Gasteiger charge is 2.30. The van der Waals surface area contributed by atoms with Gasteiger partial charge in [0.2, 0.25) is 5.91 Å². The molecule has 0 N–H and O–H groups in total. The number of nitrogens with zero attached hydrogens (tertiary/aromatic N) is 4. The standard InChI is InChI=1S/C21H21ClN4OS/c1-3-25-20(15-8-10-17(22)11-9-15)23-24-21(25)28-13-19(27)26-14(2)12-16-6-4-5-7-18(16)26/h4-11,14H,3,12-13H2,1-2H3. The minimum atomic E-state index is 0.0983. The largest absolute Gasteiger partial charge is 0.308 e. The molecule has 3 aromatic rings. The average Bonchev–Trinajstić information content (AvgIpc) is 3.26. The maximum absolute atomic E-state index is 12.9. The molecule has 1 aliphatic rings. The Kier molecular flexibility index (Phi) is 5.42. The van der Waals surface area contributed by atoms with Gasteiger partial charge in [-0.2, -0.15) is 0 Å². The third-order valence-electron chi connectivity index (χ3n) is 4.94. The SMILES string of the molecule is CCn1c(SCC(=O)N2c3ccccc3CC2C)nnc1-c1ccc(Cl)cc1. The van der Waals surface area contributed by atoms with Crippen molar-refractivity contribution in [1.82, 2.24) is 14.8 Å². The van der Waals surface area contributed by atoms with Gasteiger partial charge in [-0.05, 0) is 56.2 Å². The number of hydrogen-bond donors (Lipinski definition) is 0. The first-order valence-corrected chi connectivity index (χ1v) is 10.7. The number of carbonyl (C=O) groups excluding carboxylic acids is 1. The van der Waals surface area contributed by atoms with E-state index in [4.69, 9.17) is 11.6 Å². The van der Waals surface area contributed by atoms with Gasteiger partial charge in [0.1, 0.15) is 0 Å². The zero-order valence-corrected chi connectivity index (χ0v) is 17.4. The summed E-state index contributed by atoms with van der Waals surface area (Å²) in [6, 6.07) is 15.9. The normalized spacial score (nSPS) is 15.7. The Balaban J connectivity index is 1.51. The highest BCUT2D eigenvalue weighted by molar-refractivity contribution is 7.99. The quantitative estimate of drug-likeness (QED) is 0.570. The Morgan fingerprint density at radius 1 is 1.18 bits per heavy atom. The van der Waals surface area contributed by atoms with E-state index < -0.39 is 0 Å². The van der Waals surface area contributed by atoms with Crippen LogP contribution in [0.4, 0.5) is 5.69 Å². The minimum absolute atomic E-state index is 0.0983. The van der Waals surface area contributed by atoms with Gasteiger partial charge in [0.05, 0.1) is 5.75 Å². The highest BCUT2D eigenvalue weighted by Crippen LogP contribution is 2.33. The number of aromatic nitrogens is 3. The van der Waals surface area contributed by atoms with Crippen LogP contribution in [0.2, 0.25) is 5.02 Å². The predicted octanol–water partition coefficient (Wildman–Crippen LogP) is 4.69. The summed E-state index contributed by atoms with van der Waals surface area (Å²) in [5.41, 5.74) is 3.22. The number of rotatable bonds is 5. The van der Waals surface area contributed by atoms with Crippen molar-refractivity contribution in [1.29, 1.82) is 0 Å². The molecule has 5 nitrogen and oxygen atoms in total. The van der Waals surface area contributed by atoms with Crippen LogP contribution in [0.3, 0.4) is 0 Å². The number of anilines is 1. The van der Waals surface area contributed by atoms with E-state index in [0.29, 0.717) is 10.8 Å². The molecule has 0 saturated heterocycles. The second-order valence-corrected chi connectivity index (χ2v) is 8.17. The highest BCUT2D eigenvalue weighted by atomic mass is 35.5. The lowest BCUT2D eigenvalue weighted by Gasteiger charge is -2.22. The molecule has 1 amide bonds. The van der Waals surface area contributed by atoms with Crippen molar-refractivity contribution in [3.63, 3.8) is 0 Å². The van der Waals surface area contributed by atoms with Gasteiger partial charge in [0, 0.05) is 28.9 Å². The van der Waals surface area contributed by atoms with Crippen LogP contribution in [0.1, 0.15) is 19.4 Å². The van der Waals surface area contributed by atoms with Gasteiger partial charge in [-0.15, -0.1) is 10.2 Å². The van der Waals surface area contributed by atoms with Gasteiger partial charge >= 0.3 is 0 Å². The first-order valence-electron chi connectivity index (χ1n) is 9.30. The summed E-state index contributed by atoms with van der Waals surface area (Å²) < 4.78 is 2.03. The molecule has 1 unspecified atom stereocenters. The van der Waals surface area contributed by atoms with Crippen LogP contribution >= 0.6 is 23.4 Å². The molecule has 0 aliphatic carbocycles. The fraction of sp³-hybridized carbons (Fsp3) is 0.286. The molecule has 0 spiro atoms. The van der Waals surface area contributed by atoms with Crippen LogP contribution in [0.5, 0.6) is 0 Å². The van der Waals surface area contributed by atoms with E-state index in [-0.39, 0.29) is 11.9 Å². The monoisotopic (exact) mass is 412 g/mol. The van der Waals surface area contributed by atoms with Crippen molar-refractivity contribution < 1.29 is 4.79 Å². The van der Waals surface area contributed by atoms with Crippen LogP contribution in [0.25, 0.3) is 11.4 Å². The Bertz CT molecular complexity index is 1000. The molecule has 0 bridgehead atoms. The fourth-order valence-corrected chi connectivity index (χ4v) is 4.62. The summed E-state index contributed by atoms with van der Waals surface area (Å²) in [5.74, 6) is 1.22. The summed E-state index contributed by atoms with van der Waals surface area (Å²) in [4.78, 5) is 14.9. The van der Waals surface area contributed by atoms with Crippen molar-refractivity contribution in [2.24, 2.45) is 0 Å². The van der Waals surface area contributed by atoms with Crippen molar-refractivity contribution in [2.75, 3.05) is 10.7 Å². The zero-order chi connectivity index (χ0) is 19.7. The van der Waals surface area contributed by atoms with E-state index >= 15 is 0 Å². The second kappa shape index (κ2) is 7.97. The molecule has 0 radical (unpaired) electrons. The zero-order valence-electron chi connectivity index (χ0n) is 15.8. The Morgan fingerprint density at radius 3 is 2.68 bits per heavy atom. The van der Waals surface area contributed by atoms with Gasteiger partial charge < -0.3 is 9.47 Å². The summed E-state index contributed by atoms with van der Waals surface area (Å²) in [7, 11) is 0. The maximum Gasteiger partial charge on any atom is 0.237 e. The molecular formula is C21H21ClN4OS. The molecule has 4 rings (SSSR count). The van der Waals surface area contributed by atoms with E-state index in [1.807, 2.05) is 58.9 Å². The number of carbonyl (C=O) groups is 1. The van der Waals surface area contributed by atoms with Gasteiger partial charge in [-0.3, -0.25) is 4.79 Å². The number of fused-ring (bicyclic) bond motifs is 1. The third kappa shape index (κ3) is 3.54. The second-order valence-electron chi connectivity index (χ2n) is 6.79.